The van der Waals surface area contributed by atoms with Gasteiger partial charge in [0.1, 0.15) is 6.17 Å². The number of hydrogen-bond acceptors (Lipinski definition) is 2. The fourth-order valence-corrected chi connectivity index (χ4v) is 4.31. The quantitative estimate of drug-likeness (QED) is 0.521. The van der Waals surface area contributed by atoms with Crippen molar-refractivity contribution in [2.75, 3.05) is 13.1 Å². The Kier molecular flexibility index (Phi) is 7.16. The molecule has 1 N–H and O–H groups in total. The number of piperidine rings is 1. The zero-order valence-electron chi connectivity index (χ0n) is 18.5. The van der Waals surface area contributed by atoms with Gasteiger partial charge < -0.3 is 5.32 Å². The third-order valence-corrected chi connectivity index (χ3v) is 6.74. The van der Waals surface area contributed by atoms with Crippen LogP contribution in [0.15, 0.2) is 23.8 Å². The van der Waals surface area contributed by atoms with Crippen LogP contribution in [0.5, 0.6) is 0 Å². The van der Waals surface area contributed by atoms with Gasteiger partial charge in [-0.3, -0.25) is 4.90 Å². The Morgan fingerprint density at radius 1 is 1.20 bits per heavy atom. The number of nitrogens with one attached hydrogen (secondary N) is 1. The molecule has 2 aliphatic rings. The smallest absolute Gasteiger partial charge is 0.379 e. The molecule has 3 rings (SSSR count). The maximum Gasteiger partial charge on any atom is 0.416 e. The van der Waals surface area contributed by atoms with E-state index in [-0.39, 0.29) is 12.0 Å². The first-order valence-electron chi connectivity index (χ1n) is 11.2. The minimum Gasteiger partial charge on any atom is -0.379 e. The zero-order valence-corrected chi connectivity index (χ0v) is 18.5. The standard InChI is InChI=1S/C24H34F4N2/c1-5-16(4)20-13-18(24(26,27)28)9-10-19(20)23(17-7-6-8-17)29-22-11-12-30(15(2)3)14-21(22)25/h9-10,13,15-16,21-22,29H,5-8,11-12,14H2,1-4H3. The zero-order chi connectivity index (χ0) is 22.1. The molecular weight excluding hydrogens is 392 g/mol. The Bertz CT molecular complexity index is 763. The van der Waals surface area contributed by atoms with Gasteiger partial charge in [-0.15, -0.1) is 0 Å². The second kappa shape index (κ2) is 9.29. The summed E-state index contributed by atoms with van der Waals surface area (Å²) in [6, 6.07) is 4.04. The van der Waals surface area contributed by atoms with E-state index in [0.717, 1.165) is 49.6 Å². The number of rotatable bonds is 6. The molecule has 1 saturated carbocycles. The molecule has 0 bridgehead atoms. The Hall–Kier alpha value is -1.56. The van der Waals surface area contributed by atoms with Crippen LogP contribution in [0.1, 0.15) is 82.4 Å². The van der Waals surface area contributed by atoms with E-state index in [1.54, 1.807) is 6.07 Å². The van der Waals surface area contributed by atoms with Gasteiger partial charge in [0.25, 0.3) is 0 Å². The minimum absolute atomic E-state index is 0.0104. The first-order valence-corrected chi connectivity index (χ1v) is 11.2. The van der Waals surface area contributed by atoms with Crippen LogP contribution in [0, 0.1) is 0 Å². The molecule has 2 fully saturated rings. The van der Waals surface area contributed by atoms with Gasteiger partial charge in [0.15, 0.2) is 0 Å². The largest absolute Gasteiger partial charge is 0.416 e. The monoisotopic (exact) mass is 426 g/mol. The summed E-state index contributed by atoms with van der Waals surface area (Å²) in [4.78, 5) is 2.14. The number of allylic oxidation sites excluding steroid dienone is 1. The first kappa shape index (κ1) is 23.1. The summed E-state index contributed by atoms with van der Waals surface area (Å²) in [7, 11) is 0. The first-order chi connectivity index (χ1) is 14.1. The van der Waals surface area contributed by atoms with Crippen LogP contribution >= 0.6 is 0 Å². The lowest BCUT2D eigenvalue weighted by Gasteiger charge is -2.39. The van der Waals surface area contributed by atoms with Gasteiger partial charge in [0, 0.05) is 30.4 Å². The van der Waals surface area contributed by atoms with Gasteiger partial charge in [-0.25, -0.2) is 4.39 Å². The number of alkyl halides is 4. The second-order valence-electron chi connectivity index (χ2n) is 9.09. The Morgan fingerprint density at radius 3 is 2.40 bits per heavy atom. The topological polar surface area (TPSA) is 15.3 Å². The predicted octanol–water partition coefficient (Wildman–Crippen LogP) is 6.52. The van der Waals surface area contributed by atoms with Crippen molar-refractivity contribution < 1.29 is 17.6 Å². The summed E-state index contributed by atoms with van der Waals surface area (Å²) in [5, 5.41) is 3.46. The number of nitrogens with zero attached hydrogens (tertiary/aromatic N) is 1. The van der Waals surface area contributed by atoms with E-state index in [9.17, 15) is 17.6 Å². The van der Waals surface area contributed by atoms with E-state index in [1.807, 2.05) is 13.8 Å². The molecule has 1 saturated heterocycles. The van der Waals surface area contributed by atoms with E-state index < -0.39 is 17.9 Å². The normalized spacial score (nSPS) is 24.0. The molecule has 1 heterocycles. The van der Waals surface area contributed by atoms with Crippen LogP contribution in [0.25, 0.3) is 5.70 Å². The van der Waals surface area contributed by atoms with Crippen molar-refractivity contribution >= 4 is 5.70 Å². The molecule has 168 valence electrons. The van der Waals surface area contributed by atoms with Crippen molar-refractivity contribution in [3.8, 4) is 0 Å². The fourth-order valence-electron chi connectivity index (χ4n) is 4.31. The molecule has 1 aliphatic heterocycles. The highest BCUT2D eigenvalue weighted by Crippen LogP contribution is 2.39. The van der Waals surface area contributed by atoms with E-state index in [1.165, 1.54) is 11.6 Å². The molecule has 0 amide bonds. The minimum atomic E-state index is -4.37. The molecule has 30 heavy (non-hydrogen) atoms. The van der Waals surface area contributed by atoms with Crippen molar-refractivity contribution in [1.29, 1.82) is 0 Å². The van der Waals surface area contributed by atoms with Gasteiger partial charge in [-0.1, -0.05) is 19.9 Å². The lowest BCUT2D eigenvalue weighted by atomic mass is 9.83. The van der Waals surface area contributed by atoms with Crippen molar-refractivity contribution in [1.82, 2.24) is 10.2 Å². The second-order valence-corrected chi connectivity index (χ2v) is 9.09. The van der Waals surface area contributed by atoms with Crippen molar-refractivity contribution in [3.05, 3.63) is 40.5 Å². The van der Waals surface area contributed by atoms with Crippen LogP contribution in [-0.4, -0.2) is 36.2 Å². The van der Waals surface area contributed by atoms with E-state index in [2.05, 4.69) is 24.1 Å². The SMILES string of the molecule is CCC(C)c1cc(C(F)(F)F)ccc1C(NC1CCN(C(C)C)CC1F)=C1CCC1. The fraction of sp³-hybridized carbons (Fsp3) is 0.667. The summed E-state index contributed by atoms with van der Waals surface area (Å²) < 4.78 is 55.0. The molecule has 0 radical (unpaired) electrons. The van der Waals surface area contributed by atoms with Crippen molar-refractivity contribution in [2.24, 2.45) is 0 Å². The third kappa shape index (κ3) is 5.01. The molecule has 1 aromatic carbocycles. The average Bonchev–Trinajstić information content (AvgIpc) is 2.65. The van der Waals surface area contributed by atoms with Gasteiger partial charge in [0.05, 0.1) is 11.6 Å². The van der Waals surface area contributed by atoms with Gasteiger partial charge in [-0.05, 0) is 75.1 Å². The molecule has 3 atom stereocenters. The van der Waals surface area contributed by atoms with Gasteiger partial charge in [0.2, 0.25) is 0 Å². The Labute approximate surface area is 177 Å². The van der Waals surface area contributed by atoms with Crippen molar-refractivity contribution in [3.63, 3.8) is 0 Å². The van der Waals surface area contributed by atoms with Crippen LogP contribution < -0.4 is 5.32 Å². The molecule has 0 aromatic heterocycles. The number of benzene rings is 1. The lowest BCUT2D eigenvalue weighted by molar-refractivity contribution is -0.137. The Morgan fingerprint density at radius 2 is 1.90 bits per heavy atom. The van der Waals surface area contributed by atoms with Crippen LogP contribution in [0.4, 0.5) is 17.6 Å². The number of hydrogen-bond donors (Lipinski definition) is 1. The summed E-state index contributed by atoms with van der Waals surface area (Å²) in [5.74, 6) is -0.0104. The summed E-state index contributed by atoms with van der Waals surface area (Å²) in [6.45, 7) is 9.30. The van der Waals surface area contributed by atoms with Crippen molar-refractivity contribution in [2.45, 2.75) is 90.1 Å². The van der Waals surface area contributed by atoms with Gasteiger partial charge in [-0.2, -0.15) is 13.2 Å². The number of halogens is 4. The highest BCUT2D eigenvalue weighted by molar-refractivity contribution is 5.72. The lowest BCUT2D eigenvalue weighted by Crippen LogP contribution is -2.52. The molecule has 1 aromatic rings. The van der Waals surface area contributed by atoms with Gasteiger partial charge >= 0.3 is 6.18 Å². The summed E-state index contributed by atoms with van der Waals surface area (Å²) in [6.07, 6.45) is -1.02. The highest BCUT2D eigenvalue weighted by atomic mass is 19.4. The molecule has 2 nitrogen and oxygen atoms in total. The van der Waals surface area contributed by atoms with Crippen LogP contribution in [0.2, 0.25) is 0 Å². The average molecular weight is 427 g/mol. The Balaban J connectivity index is 1.94. The maximum atomic E-state index is 15.0. The predicted molar refractivity (Wildman–Crippen MR) is 114 cm³/mol. The van der Waals surface area contributed by atoms with E-state index >= 15 is 0 Å². The molecule has 3 unspecified atom stereocenters. The summed E-state index contributed by atoms with van der Waals surface area (Å²) >= 11 is 0. The van der Waals surface area contributed by atoms with E-state index in [0.29, 0.717) is 24.6 Å². The number of likely N-dealkylation sites (tertiary alicyclic amines) is 1. The molecule has 0 spiro atoms. The highest BCUT2D eigenvalue weighted by Gasteiger charge is 2.34. The van der Waals surface area contributed by atoms with Crippen LogP contribution in [0.3, 0.4) is 0 Å². The molecule has 1 aliphatic carbocycles. The third-order valence-electron chi connectivity index (χ3n) is 6.74. The molecule has 6 heteroatoms. The van der Waals surface area contributed by atoms with E-state index in [4.69, 9.17) is 0 Å². The maximum absolute atomic E-state index is 15.0. The summed E-state index contributed by atoms with van der Waals surface area (Å²) in [5.41, 5.74) is 2.97. The molecular formula is C24H34F4N2. The van der Waals surface area contributed by atoms with Crippen LogP contribution in [-0.2, 0) is 6.18 Å².